The lowest BCUT2D eigenvalue weighted by atomic mass is 10.0. The van der Waals surface area contributed by atoms with Crippen LogP contribution in [0.3, 0.4) is 0 Å². The molecular weight excluding hydrogens is 114 g/mol. The molecule has 2 atom stereocenters. The van der Waals surface area contributed by atoms with Gasteiger partial charge in [0, 0.05) is 18.3 Å². The first kappa shape index (κ1) is 6.42. The third kappa shape index (κ3) is 1.36. The van der Waals surface area contributed by atoms with E-state index in [1.54, 1.807) is 0 Å². The van der Waals surface area contributed by atoms with Gasteiger partial charge < -0.3 is 5.32 Å². The van der Waals surface area contributed by atoms with Crippen molar-refractivity contribution in [2.75, 3.05) is 7.05 Å². The second-order valence-electron chi connectivity index (χ2n) is 2.20. The molecular formula is C6H11N3. The Kier molecular flexibility index (Phi) is 1.95. The zero-order chi connectivity index (χ0) is 6.69. The molecule has 0 aromatic rings. The second kappa shape index (κ2) is 2.73. The molecule has 0 fully saturated rings. The van der Waals surface area contributed by atoms with E-state index in [1.807, 2.05) is 19.5 Å². The van der Waals surface area contributed by atoms with E-state index in [1.165, 1.54) is 0 Å². The van der Waals surface area contributed by atoms with Crippen molar-refractivity contribution in [1.82, 2.24) is 5.32 Å². The maximum absolute atomic E-state index is 3.76. The highest BCUT2D eigenvalue weighted by atomic mass is 15.2. The lowest BCUT2D eigenvalue weighted by Crippen LogP contribution is -2.35. The van der Waals surface area contributed by atoms with E-state index in [0.29, 0.717) is 12.0 Å². The number of hydrogen-bond acceptors (Lipinski definition) is 3. The zero-order valence-corrected chi connectivity index (χ0v) is 5.70. The molecule has 0 aromatic heterocycles. The maximum atomic E-state index is 3.76. The predicted octanol–water partition coefficient (Wildman–Crippen LogP) is 0.281. The molecule has 0 bridgehead atoms. The SMILES string of the molecule is CNC1C=NN=CC1C. The average molecular weight is 125 g/mol. The Bertz CT molecular complexity index is 139. The van der Waals surface area contributed by atoms with Gasteiger partial charge in [0.1, 0.15) is 0 Å². The zero-order valence-electron chi connectivity index (χ0n) is 5.70. The fraction of sp³-hybridized carbons (Fsp3) is 0.667. The maximum Gasteiger partial charge on any atom is 0.0517 e. The summed E-state index contributed by atoms with van der Waals surface area (Å²) in [6, 6.07) is 0.363. The van der Waals surface area contributed by atoms with Gasteiger partial charge >= 0.3 is 0 Å². The molecule has 50 valence electrons. The van der Waals surface area contributed by atoms with Gasteiger partial charge in [-0.1, -0.05) is 6.92 Å². The summed E-state index contributed by atoms with van der Waals surface area (Å²) in [5.41, 5.74) is 0. The molecule has 0 radical (unpaired) electrons. The van der Waals surface area contributed by atoms with Gasteiger partial charge in [-0.05, 0) is 7.05 Å². The molecule has 2 unspecified atom stereocenters. The van der Waals surface area contributed by atoms with Gasteiger partial charge in [0.2, 0.25) is 0 Å². The van der Waals surface area contributed by atoms with Crippen molar-refractivity contribution in [2.45, 2.75) is 13.0 Å². The molecule has 3 nitrogen and oxygen atoms in total. The van der Waals surface area contributed by atoms with E-state index in [0.717, 1.165) is 0 Å². The summed E-state index contributed by atoms with van der Waals surface area (Å²) < 4.78 is 0. The van der Waals surface area contributed by atoms with E-state index in [-0.39, 0.29) is 0 Å². The van der Waals surface area contributed by atoms with Gasteiger partial charge in [-0.25, -0.2) is 0 Å². The Morgan fingerprint density at radius 3 is 2.44 bits per heavy atom. The average Bonchev–Trinajstić information content (AvgIpc) is 1.89. The molecule has 0 spiro atoms. The number of nitrogens with one attached hydrogen (secondary N) is 1. The van der Waals surface area contributed by atoms with E-state index in [9.17, 15) is 0 Å². The van der Waals surface area contributed by atoms with Gasteiger partial charge in [-0.2, -0.15) is 10.2 Å². The molecule has 0 saturated heterocycles. The largest absolute Gasteiger partial charge is 0.312 e. The summed E-state index contributed by atoms with van der Waals surface area (Å²) in [5, 5.41) is 10.6. The molecule has 1 N–H and O–H groups in total. The Hall–Kier alpha value is -0.700. The van der Waals surface area contributed by atoms with Crippen LogP contribution in [0.25, 0.3) is 0 Å². The lowest BCUT2D eigenvalue weighted by Gasteiger charge is -2.16. The molecule has 1 rings (SSSR count). The summed E-state index contributed by atoms with van der Waals surface area (Å²) in [4.78, 5) is 0. The highest BCUT2D eigenvalue weighted by molar-refractivity contribution is 5.76. The Morgan fingerprint density at radius 2 is 2.00 bits per heavy atom. The van der Waals surface area contributed by atoms with Crippen LogP contribution in [0.2, 0.25) is 0 Å². The van der Waals surface area contributed by atoms with Crippen LogP contribution in [0.15, 0.2) is 10.2 Å². The summed E-state index contributed by atoms with van der Waals surface area (Å²) in [5.74, 6) is 0.465. The summed E-state index contributed by atoms with van der Waals surface area (Å²) in [6.07, 6.45) is 3.67. The number of nitrogens with zero attached hydrogens (tertiary/aromatic N) is 2. The summed E-state index contributed by atoms with van der Waals surface area (Å²) in [7, 11) is 1.92. The minimum Gasteiger partial charge on any atom is -0.312 e. The van der Waals surface area contributed by atoms with Crippen molar-refractivity contribution in [1.29, 1.82) is 0 Å². The Balaban J connectivity index is 2.55. The van der Waals surface area contributed by atoms with Crippen molar-refractivity contribution in [3.05, 3.63) is 0 Å². The van der Waals surface area contributed by atoms with Crippen LogP contribution in [0.5, 0.6) is 0 Å². The van der Waals surface area contributed by atoms with Crippen LogP contribution in [0.4, 0.5) is 0 Å². The topological polar surface area (TPSA) is 36.8 Å². The highest BCUT2D eigenvalue weighted by Gasteiger charge is 2.12. The fourth-order valence-electron chi connectivity index (χ4n) is 0.820. The number of hydrogen-bond donors (Lipinski definition) is 1. The van der Waals surface area contributed by atoms with Crippen LogP contribution in [-0.4, -0.2) is 25.5 Å². The Morgan fingerprint density at radius 1 is 1.33 bits per heavy atom. The first-order chi connectivity index (χ1) is 4.34. The smallest absolute Gasteiger partial charge is 0.0517 e. The van der Waals surface area contributed by atoms with E-state index in [4.69, 9.17) is 0 Å². The van der Waals surface area contributed by atoms with Crippen LogP contribution >= 0.6 is 0 Å². The monoisotopic (exact) mass is 125 g/mol. The highest BCUT2D eigenvalue weighted by Crippen LogP contribution is 2.00. The Labute approximate surface area is 54.9 Å². The molecule has 9 heavy (non-hydrogen) atoms. The van der Waals surface area contributed by atoms with E-state index in [2.05, 4.69) is 22.4 Å². The summed E-state index contributed by atoms with van der Waals surface area (Å²) >= 11 is 0. The van der Waals surface area contributed by atoms with Crippen LogP contribution in [0, 0.1) is 5.92 Å². The van der Waals surface area contributed by atoms with Crippen LogP contribution < -0.4 is 5.32 Å². The minimum absolute atomic E-state index is 0.363. The van der Waals surface area contributed by atoms with Crippen molar-refractivity contribution < 1.29 is 0 Å². The number of rotatable bonds is 1. The first-order valence-corrected chi connectivity index (χ1v) is 3.08. The fourth-order valence-corrected chi connectivity index (χ4v) is 0.820. The molecule has 1 heterocycles. The molecule has 0 aromatic carbocycles. The first-order valence-electron chi connectivity index (χ1n) is 3.08. The van der Waals surface area contributed by atoms with Gasteiger partial charge in [0.15, 0.2) is 0 Å². The minimum atomic E-state index is 0.363. The molecule has 0 saturated carbocycles. The van der Waals surface area contributed by atoms with Crippen molar-refractivity contribution in [3.63, 3.8) is 0 Å². The van der Waals surface area contributed by atoms with Crippen molar-refractivity contribution >= 4 is 12.4 Å². The van der Waals surface area contributed by atoms with E-state index < -0.39 is 0 Å². The van der Waals surface area contributed by atoms with Gasteiger partial charge in [0.25, 0.3) is 0 Å². The molecule has 1 aliphatic heterocycles. The summed E-state index contributed by atoms with van der Waals surface area (Å²) in [6.45, 7) is 2.11. The van der Waals surface area contributed by atoms with Gasteiger partial charge in [-0.15, -0.1) is 0 Å². The normalized spacial score (nSPS) is 33.1. The standard InChI is InChI=1S/C6H11N3/c1-5-3-8-9-4-6(5)7-2/h3-7H,1-2H3. The van der Waals surface area contributed by atoms with Crippen LogP contribution in [-0.2, 0) is 0 Å². The predicted molar refractivity (Wildman–Crippen MR) is 39.0 cm³/mol. The van der Waals surface area contributed by atoms with Gasteiger partial charge in [0.05, 0.1) is 6.04 Å². The third-order valence-electron chi connectivity index (χ3n) is 1.50. The van der Waals surface area contributed by atoms with E-state index >= 15 is 0 Å². The van der Waals surface area contributed by atoms with Crippen molar-refractivity contribution in [2.24, 2.45) is 16.1 Å². The van der Waals surface area contributed by atoms with Crippen molar-refractivity contribution in [3.8, 4) is 0 Å². The molecule has 1 aliphatic rings. The quantitative estimate of drug-likeness (QED) is 0.537. The molecule has 3 heteroatoms. The second-order valence-corrected chi connectivity index (χ2v) is 2.20. The molecule has 0 amide bonds. The van der Waals surface area contributed by atoms with Crippen LogP contribution in [0.1, 0.15) is 6.92 Å². The third-order valence-corrected chi connectivity index (χ3v) is 1.50. The van der Waals surface area contributed by atoms with Gasteiger partial charge in [-0.3, -0.25) is 0 Å². The lowest BCUT2D eigenvalue weighted by molar-refractivity contribution is 0.604. The molecule has 0 aliphatic carbocycles.